The zero-order valence-electron chi connectivity index (χ0n) is 5.95. The minimum absolute atomic E-state index is 0. The van der Waals surface area contributed by atoms with E-state index in [1.807, 2.05) is 12.1 Å². The molecule has 0 saturated heterocycles. The Balaban J connectivity index is 0.000001000. The van der Waals surface area contributed by atoms with E-state index in [0.29, 0.717) is 6.42 Å². The molecule has 0 radical (unpaired) electrons. The third-order valence-electron chi connectivity index (χ3n) is 1.12. The number of hydrogen-bond acceptors (Lipinski definition) is 2. The Labute approximate surface area is 71.6 Å². The van der Waals surface area contributed by atoms with Crippen molar-refractivity contribution in [3.63, 3.8) is 0 Å². The number of pyridine rings is 1. The highest BCUT2D eigenvalue weighted by Gasteiger charge is 1.91. The number of nitrogens with one attached hydrogen (secondary N) is 1. The average Bonchev–Trinajstić information content (AvgIpc) is 1.88. The summed E-state index contributed by atoms with van der Waals surface area (Å²) in [5.41, 5.74) is 6.16. The molecule has 1 heterocycles. The molecule has 1 aromatic rings. The van der Waals surface area contributed by atoms with Gasteiger partial charge < -0.3 is 5.73 Å². The van der Waals surface area contributed by atoms with E-state index in [1.54, 1.807) is 12.4 Å². The lowest BCUT2D eigenvalue weighted by molar-refractivity contribution is 1.19. The predicted octanol–water partition coefficient (Wildman–Crippen LogP) is 0.982. The smallest absolute Gasteiger partial charge is 0.0950 e. The topological polar surface area (TPSA) is 62.8 Å². The maximum Gasteiger partial charge on any atom is 0.0950 e. The van der Waals surface area contributed by atoms with Crippen LogP contribution in [0.1, 0.15) is 5.56 Å². The minimum Gasteiger partial charge on any atom is -0.387 e. The van der Waals surface area contributed by atoms with Crippen LogP contribution in [0, 0.1) is 5.41 Å². The molecule has 0 aliphatic heterocycles. The van der Waals surface area contributed by atoms with Crippen molar-refractivity contribution >= 4 is 18.2 Å². The van der Waals surface area contributed by atoms with Crippen molar-refractivity contribution in [1.82, 2.24) is 4.98 Å². The SMILES string of the molecule is Cl.N=C(N)Cc1cccnc1. The molecule has 0 saturated carbocycles. The standard InChI is InChI=1S/C7H9N3.ClH/c8-7(9)4-6-2-1-3-10-5-6;/h1-3,5H,4H2,(H3,8,9);1H. The highest BCUT2D eigenvalue weighted by atomic mass is 35.5. The van der Waals surface area contributed by atoms with E-state index >= 15 is 0 Å². The molecule has 3 N–H and O–H groups in total. The Kier molecular flexibility index (Phi) is 4.22. The van der Waals surface area contributed by atoms with E-state index in [0.717, 1.165) is 5.56 Å². The van der Waals surface area contributed by atoms with Gasteiger partial charge in [0, 0.05) is 18.8 Å². The lowest BCUT2D eigenvalue weighted by atomic mass is 10.2. The molecule has 1 rings (SSSR count). The van der Waals surface area contributed by atoms with Gasteiger partial charge in [-0.2, -0.15) is 0 Å². The minimum atomic E-state index is 0. The molecule has 0 aromatic carbocycles. The Morgan fingerprint density at radius 1 is 1.64 bits per heavy atom. The van der Waals surface area contributed by atoms with Crippen molar-refractivity contribution in [3.05, 3.63) is 30.1 Å². The van der Waals surface area contributed by atoms with Crippen LogP contribution in [0.25, 0.3) is 0 Å². The van der Waals surface area contributed by atoms with Gasteiger partial charge in [-0.15, -0.1) is 12.4 Å². The van der Waals surface area contributed by atoms with Crippen LogP contribution < -0.4 is 5.73 Å². The summed E-state index contributed by atoms with van der Waals surface area (Å²) in [4.78, 5) is 3.89. The van der Waals surface area contributed by atoms with Crippen molar-refractivity contribution < 1.29 is 0 Å². The average molecular weight is 172 g/mol. The number of nitrogens with two attached hydrogens (primary N) is 1. The zero-order valence-corrected chi connectivity index (χ0v) is 6.77. The normalized spacial score (nSPS) is 8.36. The Bertz CT molecular complexity index is 222. The Hall–Kier alpha value is -1.09. The molecular weight excluding hydrogens is 162 g/mol. The van der Waals surface area contributed by atoms with Gasteiger partial charge in [-0.3, -0.25) is 10.4 Å². The molecule has 3 nitrogen and oxygen atoms in total. The monoisotopic (exact) mass is 171 g/mol. The van der Waals surface area contributed by atoms with Crippen molar-refractivity contribution in [3.8, 4) is 0 Å². The van der Waals surface area contributed by atoms with Crippen LogP contribution in [0.2, 0.25) is 0 Å². The first-order valence-corrected chi connectivity index (χ1v) is 3.01. The molecule has 0 aliphatic carbocycles. The van der Waals surface area contributed by atoms with Crippen LogP contribution in [0.3, 0.4) is 0 Å². The summed E-state index contributed by atoms with van der Waals surface area (Å²) >= 11 is 0. The van der Waals surface area contributed by atoms with E-state index in [1.165, 1.54) is 0 Å². The van der Waals surface area contributed by atoms with Crippen molar-refractivity contribution in [2.24, 2.45) is 5.73 Å². The van der Waals surface area contributed by atoms with Crippen molar-refractivity contribution in [2.45, 2.75) is 6.42 Å². The molecule has 0 aliphatic rings. The van der Waals surface area contributed by atoms with Gasteiger partial charge in [-0.25, -0.2) is 0 Å². The van der Waals surface area contributed by atoms with E-state index in [9.17, 15) is 0 Å². The summed E-state index contributed by atoms with van der Waals surface area (Å²) in [6.07, 6.45) is 3.90. The van der Waals surface area contributed by atoms with Gasteiger partial charge in [-0.1, -0.05) is 6.07 Å². The van der Waals surface area contributed by atoms with Gasteiger partial charge >= 0.3 is 0 Å². The van der Waals surface area contributed by atoms with Gasteiger partial charge in [0.1, 0.15) is 0 Å². The second-order valence-corrected chi connectivity index (χ2v) is 2.06. The summed E-state index contributed by atoms with van der Waals surface area (Å²) in [7, 11) is 0. The number of amidine groups is 1. The zero-order chi connectivity index (χ0) is 7.40. The maximum absolute atomic E-state index is 6.98. The van der Waals surface area contributed by atoms with Crippen LogP contribution in [0.5, 0.6) is 0 Å². The first-order valence-electron chi connectivity index (χ1n) is 3.01. The van der Waals surface area contributed by atoms with Crippen molar-refractivity contribution in [1.29, 1.82) is 5.41 Å². The summed E-state index contributed by atoms with van der Waals surface area (Å²) in [6.45, 7) is 0. The quantitative estimate of drug-likeness (QED) is 0.515. The van der Waals surface area contributed by atoms with E-state index < -0.39 is 0 Å². The molecule has 0 amide bonds. The van der Waals surface area contributed by atoms with Crippen LogP contribution in [0.15, 0.2) is 24.5 Å². The second kappa shape index (κ2) is 4.68. The number of rotatable bonds is 2. The predicted molar refractivity (Wildman–Crippen MR) is 47.1 cm³/mol. The maximum atomic E-state index is 6.98. The molecule has 11 heavy (non-hydrogen) atoms. The molecule has 1 aromatic heterocycles. The lowest BCUT2D eigenvalue weighted by Crippen LogP contribution is -2.12. The molecule has 0 atom stereocenters. The molecule has 4 heteroatoms. The largest absolute Gasteiger partial charge is 0.387 e. The summed E-state index contributed by atoms with van der Waals surface area (Å²) < 4.78 is 0. The van der Waals surface area contributed by atoms with E-state index in [4.69, 9.17) is 11.1 Å². The summed E-state index contributed by atoms with van der Waals surface area (Å²) in [5.74, 6) is 0.174. The third-order valence-corrected chi connectivity index (χ3v) is 1.12. The van der Waals surface area contributed by atoms with Crippen LogP contribution >= 0.6 is 12.4 Å². The molecule has 0 unspecified atom stereocenters. The third kappa shape index (κ3) is 3.57. The Morgan fingerprint density at radius 3 is 2.82 bits per heavy atom. The van der Waals surface area contributed by atoms with Crippen LogP contribution in [-0.4, -0.2) is 10.8 Å². The highest BCUT2D eigenvalue weighted by Crippen LogP contribution is 1.94. The number of aromatic nitrogens is 1. The molecule has 0 spiro atoms. The van der Waals surface area contributed by atoms with Gasteiger partial charge in [0.05, 0.1) is 5.84 Å². The fourth-order valence-electron chi connectivity index (χ4n) is 0.723. The summed E-state index contributed by atoms with van der Waals surface area (Å²) in [5, 5.41) is 6.98. The van der Waals surface area contributed by atoms with Crippen LogP contribution in [0.4, 0.5) is 0 Å². The molecule has 60 valence electrons. The van der Waals surface area contributed by atoms with Gasteiger partial charge in [-0.05, 0) is 11.6 Å². The molecular formula is C7H10ClN3. The number of halogens is 1. The number of hydrogen-bond donors (Lipinski definition) is 2. The molecule has 0 bridgehead atoms. The molecule has 0 fully saturated rings. The van der Waals surface area contributed by atoms with Gasteiger partial charge in [0.2, 0.25) is 0 Å². The summed E-state index contributed by atoms with van der Waals surface area (Å²) in [6, 6.07) is 3.73. The van der Waals surface area contributed by atoms with Gasteiger partial charge in [0.15, 0.2) is 0 Å². The lowest BCUT2D eigenvalue weighted by Gasteiger charge is -1.95. The second-order valence-electron chi connectivity index (χ2n) is 2.06. The van der Waals surface area contributed by atoms with Gasteiger partial charge in [0.25, 0.3) is 0 Å². The number of nitrogens with zero attached hydrogens (tertiary/aromatic N) is 1. The van der Waals surface area contributed by atoms with E-state index in [2.05, 4.69) is 4.98 Å². The first-order chi connectivity index (χ1) is 4.79. The fraction of sp³-hybridized carbons (Fsp3) is 0.143. The Morgan fingerprint density at radius 2 is 2.36 bits per heavy atom. The highest BCUT2D eigenvalue weighted by molar-refractivity contribution is 5.85. The van der Waals surface area contributed by atoms with Crippen molar-refractivity contribution in [2.75, 3.05) is 0 Å². The first kappa shape index (κ1) is 9.91. The fourth-order valence-corrected chi connectivity index (χ4v) is 0.723. The van der Waals surface area contributed by atoms with Crippen LogP contribution in [-0.2, 0) is 6.42 Å². The van der Waals surface area contributed by atoms with E-state index in [-0.39, 0.29) is 18.2 Å².